The number of fused-ring (bicyclic) bond motifs is 4. The smallest absolute Gasteiger partial charge is 0.354 e. The summed E-state index contributed by atoms with van der Waals surface area (Å²) in [7, 11) is 0. The number of benzene rings is 4. The third-order valence-corrected chi connectivity index (χ3v) is 8.40. The maximum Gasteiger partial charge on any atom is 0.354 e. The number of nitrogens with zero attached hydrogens (tertiary/aromatic N) is 2. The first-order chi connectivity index (χ1) is 21.0. The van der Waals surface area contributed by atoms with E-state index in [1.165, 1.54) is 62.2 Å². The molecular weight excluding hydrogens is 733 g/mol. The molecule has 2 aromatic heterocycles. The van der Waals surface area contributed by atoms with Crippen LogP contribution >= 0.6 is 0 Å². The molecule has 6 aromatic rings. The molecular formula is C40H35IrN2O2-. The normalized spacial score (nSPS) is 12.4. The largest absolute Gasteiger partial charge is 0.477 e. The molecule has 227 valence electrons. The zero-order valence-electron chi connectivity index (χ0n) is 26.3. The average molecular weight is 768 g/mol. The summed E-state index contributed by atoms with van der Waals surface area (Å²) in [6.07, 6.45) is 1.48. The summed E-state index contributed by atoms with van der Waals surface area (Å²) >= 11 is 0. The number of carboxylic acids is 1. The molecule has 5 heteroatoms. The topological polar surface area (TPSA) is 63.1 Å². The minimum atomic E-state index is -0.983. The second-order valence-electron chi connectivity index (χ2n) is 12.3. The number of carbonyl (C=O) groups is 1. The molecule has 0 aliphatic heterocycles. The van der Waals surface area contributed by atoms with Crippen molar-refractivity contribution in [3.63, 3.8) is 0 Å². The first-order valence-electron chi connectivity index (χ1n) is 14.8. The van der Waals surface area contributed by atoms with E-state index in [1.54, 1.807) is 6.07 Å². The Morgan fingerprint density at radius 3 is 2.18 bits per heavy atom. The van der Waals surface area contributed by atoms with Gasteiger partial charge in [-0.15, -0.1) is 34.9 Å². The van der Waals surface area contributed by atoms with Gasteiger partial charge in [0.05, 0.1) is 5.52 Å². The standard InChI is InChI=1S/C33H28N.C7H7NO2.Ir/c1-20-9-8-10-23(14-20)26-18-31(24-15-21(2)13-22(3)16-24)34-32-19-30-27(17-28(26)32)25-11-6-7-12-29(25)33(30,4)5;1-5-2-3-8-6(4-5)7(9)10;/h6-15,17-19H,1-5H3;2-4H,1H3,(H,9,10);/q-1;;. The van der Waals surface area contributed by atoms with Gasteiger partial charge in [0, 0.05) is 37.1 Å². The number of aromatic nitrogens is 2. The Hall–Kier alpha value is -4.44. The van der Waals surface area contributed by atoms with Crippen LogP contribution in [-0.2, 0) is 25.5 Å². The van der Waals surface area contributed by atoms with Crippen LogP contribution in [0.25, 0.3) is 44.4 Å². The van der Waals surface area contributed by atoms with Crippen molar-refractivity contribution >= 4 is 16.9 Å². The third-order valence-electron chi connectivity index (χ3n) is 8.40. The summed E-state index contributed by atoms with van der Waals surface area (Å²) < 4.78 is 0. The SMILES string of the molecule is Cc1[c-]c(-c2cc(-c3cccc(C)c3)c3cc4c(cc3n2)C(C)(C)c2ccccc2-4)cc(C)c1.Cc1ccnc(C(=O)O)c1.[Ir]. The van der Waals surface area contributed by atoms with Gasteiger partial charge < -0.3 is 5.11 Å². The van der Waals surface area contributed by atoms with Gasteiger partial charge in [-0.2, -0.15) is 0 Å². The van der Waals surface area contributed by atoms with E-state index in [-0.39, 0.29) is 31.2 Å². The molecule has 0 spiro atoms. The molecule has 1 aliphatic rings. The van der Waals surface area contributed by atoms with Crippen molar-refractivity contribution in [1.29, 1.82) is 0 Å². The van der Waals surface area contributed by atoms with Gasteiger partial charge >= 0.3 is 5.97 Å². The van der Waals surface area contributed by atoms with Gasteiger partial charge in [0.2, 0.25) is 0 Å². The number of aromatic carboxylic acids is 1. The van der Waals surface area contributed by atoms with Gasteiger partial charge in [-0.3, -0.25) is 4.98 Å². The second kappa shape index (κ2) is 12.5. The summed E-state index contributed by atoms with van der Waals surface area (Å²) in [5.74, 6) is -0.983. The predicted octanol–water partition coefficient (Wildman–Crippen LogP) is 9.69. The van der Waals surface area contributed by atoms with Crippen LogP contribution in [0.1, 0.15) is 57.7 Å². The van der Waals surface area contributed by atoms with Gasteiger partial charge in [0.25, 0.3) is 0 Å². The van der Waals surface area contributed by atoms with Crippen LogP contribution in [0.15, 0.2) is 97.2 Å². The zero-order chi connectivity index (χ0) is 31.2. The Kier molecular flexibility index (Phi) is 8.89. The molecule has 2 heterocycles. The van der Waals surface area contributed by atoms with Crippen LogP contribution in [0, 0.1) is 33.8 Å². The van der Waals surface area contributed by atoms with E-state index in [9.17, 15) is 4.79 Å². The molecule has 0 fully saturated rings. The predicted molar refractivity (Wildman–Crippen MR) is 179 cm³/mol. The van der Waals surface area contributed by atoms with Gasteiger partial charge in [-0.25, -0.2) is 9.78 Å². The fourth-order valence-corrected chi connectivity index (χ4v) is 6.30. The van der Waals surface area contributed by atoms with Gasteiger partial charge in [0.1, 0.15) is 5.69 Å². The molecule has 0 bridgehead atoms. The fourth-order valence-electron chi connectivity index (χ4n) is 6.30. The van der Waals surface area contributed by atoms with Crippen LogP contribution in [0.5, 0.6) is 0 Å². The molecule has 4 aromatic carbocycles. The van der Waals surface area contributed by atoms with Crippen molar-refractivity contribution in [2.75, 3.05) is 0 Å². The monoisotopic (exact) mass is 768 g/mol. The van der Waals surface area contributed by atoms with Crippen LogP contribution in [0.4, 0.5) is 0 Å². The van der Waals surface area contributed by atoms with Crippen molar-refractivity contribution in [1.82, 2.24) is 9.97 Å². The average Bonchev–Trinajstić information content (AvgIpc) is 3.21. The molecule has 1 radical (unpaired) electrons. The van der Waals surface area contributed by atoms with Crippen molar-refractivity contribution < 1.29 is 30.0 Å². The third kappa shape index (κ3) is 6.24. The molecule has 0 atom stereocenters. The Bertz CT molecular complexity index is 2060. The maximum absolute atomic E-state index is 10.3. The van der Waals surface area contributed by atoms with Crippen molar-refractivity contribution in [3.8, 4) is 33.5 Å². The van der Waals surface area contributed by atoms with E-state index in [0.717, 1.165) is 27.9 Å². The van der Waals surface area contributed by atoms with Crippen LogP contribution < -0.4 is 0 Å². The number of aryl methyl sites for hydroxylation is 4. The molecule has 0 unspecified atom stereocenters. The summed E-state index contributed by atoms with van der Waals surface area (Å²) in [5, 5.41) is 9.65. The minimum absolute atomic E-state index is 0. The van der Waals surface area contributed by atoms with E-state index in [4.69, 9.17) is 10.1 Å². The minimum Gasteiger partial charge on any atom is -0.477 e. The number of rotatable bonds is 3. The Balaban J connectivity index is 0.000000313. The zero-order valence-corrected chi connectivity index (χ0v) is 28.7. The van der Waals surface area contributed by atoms with Crippen molar-refractivity contribution in [3.05, 3.63) is 142 Å². The van der Waals surface area contributed by atoms with Crippen LogP contribution in [-0.4, -0.2) is 21.0 Å². The van der Waals surface area contributed by atoms with E-state index >= 15 is 0 Å². The summed E-state index contributed by atoms with van der Waals surface area (Å²) in [6.45, 7) is 12.9. The van der Waals surface area contributed by atoms with E-state index in [2.05, 4.69) is 125 Å². The van der Waals surface area contributed by atoms with E-state index in [1.807, 2.05) is 6.92 Å². The number of pyridine rings is 2. The summed E-state index contributed by atoms with van der Waals surface area (Å²) in [5.41, 5.74) is 15.5. The fraction of sp³-hybridized carbons (Fsp3) is 0.175. The molecule has 1 N–H and O–H groups in total. The molecule has 0 saturated heterocycles. The summed E-state index contributed by atoms with van der Waals surface area (Å²) in [6, 6.07) is 35.7. The quantitative estimate of drug-likeness (QED) is 0.182. The van der Waals surface area contributed by atoms with Crippen molar-refractivity contribution in [2.45, 2.75) is 47.0 Å². The van der Waals surface area contributed by atoms with Crippen LogP contribution in [0.3, 0.4) is 0 Å². The van der Waals surface area contributed by atoms with Gasteiger partial charge in [-0.05, 0) is 82.8 Å². The molecule has 45 heavy (non-hydrogen) atoms. The van der Waals surface area contributed by atoms with Crippen LogP contribution in [0.2, 0.25) is 0 Å². The first kappa shape index (κ1) is 32.0. The first-order valence-corrected chi connectivity index (χ1v) is 14.8. The van der Waals surface area contributed by atoms with Gasteiger partial charge in [-0.1, -0.05) is 87.9 Å². The molecule has 1 aliphatic carbocycles. The Labute approximate surface area is 278 Å². The van der Waals surface area contributed by atoms with Gasteiger partial charge in [0.15, 0.2) is 0 Å². The van der Waals surface area contributed by atoms with Crippen molar-refractivity contribution in [2.24, 2.45) is 0 Å². The maximum atomic E-state index is 10.3. The summed E-state index contributed by atoms with van der Waals surface area (Å²) in [4.78, 5) is 19.1. The Morgan fingerprint density at radius 2 is 1.49 bits per heavy atom. The van der Waals surface area contributed by atoms with E-state index < -0.39 is 5.97 Å². The molecule has 7 rings (SSSR count). The Morgan fingerprint density at radius 1 is 0.733 bits per heavy atom. The second-order valence-corrected chi connectivity index (χ2v) is 12.3. The molecule has 0 amide bonds. The molecule has 4 nitrogen and oxygen atoms in total. The molecule has 0 saturated carbocycles. The number of carboxylic acid groups (broad SMARTS) is 1. The number of hydrogen-bond donors (Lipinski definition) is 1. The number of hydrogen-bond acceptors (Lipinski definition) is 3. The van der Waals surface area contributed by atoms with E-state index in [0.29, 0.717) is 0 Å².